The fraction of sp³-hybridized carbons (Fsp3) is 1.00. The Labute approximate surface area is 56.2 Å². The van der Waals surface area contributed by atoms with Gasteiger partial charge in [-0.15, -0.1) is 0 Å². The number of nitrogens with two attached hydrogens (primary N) is 1. The van der Waals surface area contributed by atoms with Gasteiger partial charge in [0.05, 0.1) is 0 Å². The van der Waals surface area contributed by atoms with Gasteiger partial charge in [0.25, 0.3) is 0 Å². The van der Waals surface area contributed by atoms with Gasteiger partial charge in [0.15, 0.2) is 0 Å². The van der Waals surface area contributed by atoms with E-state index in [9.17, 15) is 0 Å². The van der Waals surface area contributed by atoms with E-state index in [0.717, 1.165) is 19.4 Å². The van der Waals surface area contributed by atoms with E-state index < -0.39 is 6.23 Å². The second kappa shape index (κ2) is 6.01. The molecule has 0 saturated heterocycles. The van der Waals surface area contributed by atoms with Crippen LogP contribution in [-0.4, -0.2) is 24.4 Å². The summed E-state index contributed by atoms with van der Waals surface area (Å²) in [5.41, 5.74) is 5.14. The molecule has 0 radical (unpaired) electrons. The Balaban J connectivity index is 2.88. The number of nitrogens with one attached hydrogen (secondary N) is 1. The monoisotopic (exact) mass is 132 g/mol. The molecule has 1 atom stereocenters. The smallest absolute Gasteiger partial charge is 0.117 e. The van der Waals surface area contributed by atoms with Crippen molar-refractivity contribution in [1.82, 2.24) is 5.32 Å². The number of aliphatic hydroxyl groups excluding tert-OH is 1. The van der Waals surface area contributed by atoms with E-state index in [2.05, 4.69) is 12.2 Å². The molecule has 3 nitrogen and oxygen atoms in total. The molecule has 0 aliphatic carbocycles. The van der Waals surface area contributed by atoms with Crippen molar-refractivity contribution >= 4 is 0 Å². The molecule has 0 rings (SSSR count). The lowest BCUT2D eigenvalue weighted by Gasteiger charge is -2.08. The van der Waals surface area contributed by atoms with Crippen LogP contribution in [-0.2, 0) is 0 Å². The Bertz CT molecular complexity index is 59.0. The lowest BCUT2D eigenvalue weighted by Crippen LogP contribution is -2.36. The molecule has 3 heteroatoms. The van der Waals surface area contributed by atoms with Crippen LogP contribution in [0.2, 0.25) is 0 Å². The van der Waals surface area contributed by atoms with Crippen LogP contribution in [0, 0.1) is 0 Å². The number of hydrogen-bond acceptors (Lipinski definition) is 3. The average molecular weight is 132 g/mol. The van der Waals surface area contributed by atoms with Gasteiger partial charge in [-0.2, -0.15) is 0 Å². The molecule has 0 aromatic heterocycles. The van der Waals surface area contributed by atoms with E-state index in [0.29, 0.717) is 6.54 Å². The maximum absolute atomic E-state index is 8.85. The Morgan fingerprint density at radius 2 is 2.33 bits per heavy atom. The fourth-order valence-electron chi connectivity index (χ4n) is 0.529. The molecular formula is C6H16N2O. The largest absolute Gasteiger partial charge is 0.377 e. The maximum Gasteiger partial charge on any atom is 0.117 e. The van der Waals surface area contributed by atoms with Crippen molar-refractivity contribution < 1.29 is 5.11 Å². The number of aliphatic hydroxyl groups is 1. The number of rotatable bonds is 5. The summed E-state index contributed by atoms with van der Waals surface area (Å²) in [5, 5.41) is 11.7. The molecule has 0 aliphatic rings. The van der Waals surface area contributed by atoms with Crippen LogP contribution in [0.3, 0.4) is 0 Å². The van der Waals surface area contributed by atoms with Crippen molar-refractivity contribution in [2.75, 3.05) is 13.1 Å². The van der Waals surface area contributed by atoms with Crippen molar-refractivity contribution in [2.24, 2.45) is 5.73 Å². The highest BCUT2D eigenvalue weighted by Crippen LogP contribution is 1.82. The standard InChI is InChI=1S/C6H16N2O/c1-2-3-4-8-6(9)5-7/h6,8-9H,2-5,7H2,1H3. The summed E-state index contributed by atoms with van der Waals surface area (Å²) >= 11 is 0. The summed E-state index contributed by atoms with van der Waals surface area (Å²) in [4.78, 5) is 0. The normalized spacial score (nSPS) is 13.7. The molecule has 1 unspecified atom stereocenters. The molecule has 9 heavy (non-hydrogen) atoms. The molecule has 0 spiro atoms. The Hall–Kier alpha value is -0.120. The van der Waals surface area contributed by atoms with Crippen molar-refractivity contribution in [3.63, 3.8) is 0 Å². The molecule has 0 aromatic carbocycles. The first-order chi connectivity index (χ1) is 4.31. The molecule has 0 heterocycles. The summed E-state index contributed by atoms with van der Waals surface area (Å²) in [6, 6.07) is 0. The zero-order valence-electron chi connectivity index (χ0n) is 5.93. The third kappa shape index (κ3) is 5.76. The Kier molecular flexibility index (Phi) is 5.93. The van der Waals surface area contributed by atoms with E-state index in [1.807, 2.05) is 0 Å². The second-order valence-corrected chi connectivity index (χ2v) is 2.06. The molecule has 0 aromatic rings. The van der Waals surface area contributed by atoms with Crippen LogP contribution in [0.25, 0.3) is 0 Å². The van der Waals surface area contributed by atoms with Crippen LogP contribution >= 0.6 is 0 Å². The molecule has 0 fully saturated rings. The zero-order valence-corrected chi connectivity index (χ0v) is 5.93. The highest BCUT2D eigenvalue weighted by molar-refractivity contribution is 4.51. The first kappa shape index (κ1) is 8.88. The molecule has 4 N–H and O–H groups in total. The van der Waals surface area contributed by atoms with Gasteiger partial charge in [0, 0.05) is 6.54 Å². The van der Waals surface area contributed by atoms with Crippen LogP contribution in [0.4, 0.5) is 0 Å². The summed E-state index contributed by atoms with van der Waals surface area (Å²) in [7, 11) is 0. The third-order valence-electron chi connectivity index (χ3n) is 1.13. The minimum Gasteiger partial charge on any atom is -0.377 e. The van der Waals surface area contributed by atoms with Gasteiger partial charge in [-0.25, -0.2) is 0 Å². The van der Waals surface area contributed by atoms with Gasteiger partial charge in [-0.3, -0.25) is 5.32 Å². The SMILES string of the molecule is CCCCNC(O)CN. The molecule has 0 bridgehead atoms. The van der Waals surface area contributed by atoms with Crippen molar-refractivity contribution in [2.45, 2.75) is 26.0 Å². The van der Waals surface area contributed by atoms with E-state index in [4.69, 9.17) is 10.8 Å². The van der Waals surface area contributed by atoms with E-state index in [1.165, 1.54) is 0 Å². The third-order valence-corrected chi connectivity index (χ3v) is 1.13. The van der Waals surface area contributed by atoms with Crippen LogP contribution in [0.1, 0.15) is 19.8 Å². The van der Waals surface area contributed by atoms with E-state index in [1.54, 1.807) is 0 Å². The lowest BCUT2D eigenvalue weighted by molar-refractivity contribution is 0.145. The average Bonchev–Trinajstić information content (AvgIpc) is 1.89. The summed E-state index contributed by atoms with van der Waals surface area (Å²) < 4.78 is 0. The highest BCUT2D eigenvalue weighted by atomic mass is 16.3. The summed E-state index contributed by atoms with van der Waals surface area (Å²) in [5.74, 6) is 0. The van der Waals surface area contributed by atoms with Crippen molar-refractivity contribution in [3.8, 4) is 0 Å². The lowest BCUT2D eigenvalue weighted by atomic mass is 10.3. The minimum atomic E-state index is -0.517. The maximum atomic E-state index is 8.85. The Morgan fingerprint density at radius 3 is 2.78 bits per heavy atom. The van der Waals surface area contributed by atoms with Gasteiger partial charge in [-0.1, -0.05) is 13.3 Å². The summed E-state index contributed by atoms with van der Waals surface area (Å²) in [6.07, 6.45) is 1.72. The van der Waals surface area contributed by atoms with Gasteiger partial charge < -0.3 is 10.8 Å². The van der Waals surface area contributed by atoms with E-state index in [-0.39, 0.29) is 0 Å². The first-order valence-corrected chi connectivity index (χ1v) is 3.42. The van der Waals surface area contributed by atoms with Crippen LogP contribution in [0.5, 0.6) is 0 Å². The van der Waals surface area contributed by atoms with Crippen molar-refractivity contribution in [1.29, 1.82) is 0 Å². The van der Waals surface area contributed by atoms with Crippen LogP contribution in [0.15, 0.2) is 0 Å². The van der Waals surface area contributed by atoms with Crippen LogP contribution < -0.4 is 11.1 Å². The molecule has 0 aliphatic heterocycles. The van der Waals surface area contributed by atoms with Gasteiger partial charge in [-0.05, 0) is 13.0 Å². The van der Waals surface area contributed by atoms with Gasteiger partial charge in [0.1, 0.15) is 6.23 Å². The molecule has 56 valence electrons. The zero-order chi connectivity index (χ0) is 7.11. The second-order valence-electron chi connectivity index (χ2n) is 2.06. The Morgan fingerprint density at radius 1 is 1.67 bits per heavy atom. The van der Waals surface area contributed by atoms with Gasteiger partial charge in [0.2, 0.25) is 0 Å². The quantitative estimate of drug-likeness (QED) is 0.354. The molecular weight excluding hydrogens is 116 g/mol. The number of hydrogen-bond donors (Lipinski definition) is 3. The van der Waals surface area contributed by atoms with Crippen molar-refractivity contribution in [3.05, 3.63) is 0 Å². The predicted octanol–water partition coefficient (Wildman–Crippen LogP) is -0.347. The number of unbranched alkanes of at least 4 members (excludes halogenated alkanes) is 1. The van der Waals surface area contributed by atoms with Gasteiger partial charge >= 0.3 is 0 Å². The first-order valence-electron chi connectivity index (χ1n) is 3.42. The molecule has 0 amide bonds. The highest BCUT2D eigenvalue weighted by Gasteiger charge is 1.95. The topological polar surface area (TPSA) is 58.3 Å². The predicted molar refractivity (Wildman–Crippen MR) is 38.0 cm³/mol. The summed E-state index contributed by atoms with van der Waals surface area (Å²) in [6.45, 7) is 3.26. The molecule has 0 saturated carbocycles. The fourth-order valence-corrected chi connectivity index (χ4v) is 0.529. The minimum absolute atomic E-state index is 0.295. The van der Waals surface area contributed by atoms with E-state index >= 15 is 0 Å².